The monoisotopic (exact) mass is 257 g/mol. The van der Waals surface area contributed by atoms with E-state index in [1.165, 1.54) is 0 Å². The molecule has 0 radical (unpaired) electrons. The van der Waals surface area contributed by atoms with Gasteiger partial charge in [-0.2, -0.15) is 0 Å². The molecule has 1 aliphatic heterocycles. The Balaban J connectivity index is 2.08. The Labute approximate surface area is 111 Å². The second-order valence-corrected chi connectivity index (χ2v) is 4.33. The van der Waals surface area contributed by atoms with Crippen molar-refractivity contribution >= 4 is 5.95 Å². The van der Waals surface area contributed by atoms with Crippen LogP contribution in [0.25, 0.3) is 11.3 Å². The Hall–Kier alpha value is -2.30. The van der Waals surface area contributed by atoms with Crippen molar-refractivity contribution in [1.29, 1.82) is 0 Å². The molecule has 3 rings (SSSR count). The number of anilines is 1. The van der Waals surface area contributed by atoms with Crippen molar-refractivity contribution in [2.45, 2.75) is 6.92 Å². The summed E-state index contributed by atoms with van der Waals surface area (Å²) in [5, 5.41) is 2.94. The van der Waals surface area contributed by atoms with E-state index in [4.69, 9.17) is 9.47 Å². The van der Waals surface area contributed by atoms with Crippen LogP contribution in [0, 0.1) is 6.92 Å². The molecular weight excluding hydrogens is 242 g/mol. The van der Waals surface area contributed by atoms with Gasteiger partial charge >= 0.3 is 0 Å². The summed E-state index contributed by atoms with van der Waals surface area (Å²) in [5.41, 5.74) is 3.00. The van der Waals surface area contributed by atoms with E-state index in [-0.39, 0.29) is 0 Å². The number of hydrogen-bond donors (Lipinski definition) is 1. The molecule has 19 heavy (non-hydrogen) atoms. The van der Waals surface area contributed by atoms with Crippen LogP contribution in [0.3, 0.4) is 0 Å². The van der Waals surface area contributed by atoms with Crippen molar-refractivity contribution < 1.29 is 9.47 Å². The van der Waals surface area contributed by atoms with E-state index >= 15 is 0 Å². The van der Waals surface area contributed by atoms with Crippen LogP contribution in [0.15, 0.2) is 24.4 Å². The number of rotatable bonds is 2. The lowest BCUT2D eigenvalue weighted by Crippen LogP contribution is -2.15. The summed E-state index contributed by atoms with van der Waals surface area (Å²) in [4.78, 5) is 8.58. The number of ether oxygens (including phenoxy) is 2. The minimum atomic E-state index is 0.584. The molecule has 2 aromatic rings. The number of aryl methyl sites for hydroxylation is 1. The maximum absolute atomic E-state index is 5.61. The number of nitrogens with zero attached hydrogens (tertiary/aromatic N) is 2. The average molecular weight is 257 g/mol. The lowest BCUT2D eigenvalue weighted by atomic mass is 10.0. The van der Waals surface area contributed by atoms with Crippen molar-refractivity contribution in [3.05, 3.63) is 30.0 Å². The van der Waals surface area contributed by atoms with E-state index in [1.54, 1.807) is 13.2 Å². The van der Waals surface area contributed by atoms with Crippen molar-refractivity contribution in [2.75, 3.05) is 25.6 Å². The maximum Gasteiger partial charge on any atom is 0.222 e. The van der Waals surface area contributed by atoms with Crippen LogP contribution < -0.4 is 14.8 Å². The van der Waals surface area contributed by atoms with Gasteiger partial charge in [0.15, 0.2) is 11.5 Å². The largest absolute Gasteiger partial charge is 0.486 e. The van der Waals surface area contributed by atoms with E-state index in [1.807, 2.05) is 25.1 Å². The zero-order valence-corrected chi connectivity index (χ0v) is 10.9. The predicted octanol–water partition coefficient (Wildman–Crippen LogP) is 2.26. The first-order valence-corrected chi connectivity index (χ1v) is 6.19. The van der Waals surface area contributed by atoms with Gasteiger partial charge < -0.3 is 14.8 Å². The molecule has 2 heterocycles. The van der Waals surface area contributed by atoms with E-state index in [0.717, 1.165) is 28.3 Å². The van der Waals surface area contributed by atoms with Crippen molar-refractivity contribution in [3.63, 3.8) is 0 Å². The molecule has 1 aromatic carbocycles. The van der Waals surface area contributed by atoms with E-state index in [9.17, 15) is 0 Å². The van der Waals surface area contributed by atoms with Gasteiger partial charge in [-0.15, -0.1) is 0 Å². The first kappa shape index (κ1) is 11.8. The smallest absolute Gasteiger partial charge is 0.222 e. The summed E-state index contributed by atoms with van der Waals surface area (Å²) in [5.74, 6) is 2.18. The van der Waals surface area contributed by atoms with Crippen LogP contribution in [0.1, 0.15) is 5.56 Å². The van der Waals surface area contributed by atoms with Gasteiger partial charge in [-0.3, -0.25) is 0 Å². The zero-order valence-electron chi connectivity index (χ0n) is 10.9. The van der Waals surface area contributed by atoms with Gasteiger partial charge in [0, 0.05) is 18.8 Å². The summed E-state index contributed by atoms with van der Waals surface area (Å²) in [7, 11) is 1.80. The molecule has 1 N–H and O–H groups in total. The molecule has 0 spiro atoms. The van der Waals surface area contributed by atoms with Gasteiger partial charge in [0.2, 0.25) is 5.95 Å². The number of aromatic nitrogens is 2. The van der Waals surface area contributed by atoms with Crippen LogP contribution in [0.5, 0.6) is 11.5 Å². The molecule has 0 bridgehead atoms. The van der Waals surface area contributed by atoms with Crippen LogP contribution in [0.4, 0.5) is 5.95 Å². The topological polar surface area (TPSA) is 56.3 Å². The molecule has 5 heteroatoms. The molecule has 0 amide bonds. The van der Waals surface area contributed by atoms with Gasteiger partial charge in [-0.05, 0) is 30.7 Å². The summed E-state index contributed by atoms with van der Waals surface area (Å²) < 4.78 is 11.2. The van der Waals surface area contributed by atoms with E-state index in [0.29, 0.717) is 19.2 Å². The second-order valence-electron chi connectivity index (χ2n) is 4.33. The van der Waals surface area contributed by atoms with E-state index in [2.05, 4.69) is 15.3 Å². The molecule has 98 valence electrons. The molecule has 1 aromatic heterocycles. The fourth-order valence-corrected chi connectivity index (χ4v) is 2.10. The quantitative estimate of drug-likeness (QED) is 0.894. The van der Waals surface area contributed by atoms with Crippen molar-refractivity contribution in [1.82, 2.24) is 9.97 Å². The Morgan fingerprint density at radius 3 is 2.63 bits per heavy atom. The summed E-state index contributed by atoms with van der Waals surface area (Å²) in [6, 6.07) is 5.86. The SMILES string of the molecule is CNc1nccc(-c2cc3c(cc2C)OCCO3)n1. The first-order valence-electron chi connectivity index (χ1n) is 6.19. The minimum Gasteiger partial charge on any atom is -0.486 e. The van der Waals surface area contributed by atoms with Crippen molar-refractivity contribution in [3.8, 4) is 22.8 Å². The molecule has 0 unspecified atom stereocenters. The third-order valence-corrected chi connectivity index (χ3v) is 3.04. The highest BCUT2D eigenvalue weighted by Crippen LogP contribution is 2.36. The van der Waals surface area contributed by atoms with Crippen LogP contribution in [0.2, 0.25) is 0 Å². The summed E-state index contributed by atoms with van der Waals surface area (Å²) in [6.07, 6.45) is 1.74. The highest BCUT2D eigenvalue weighted by molar-refractivity contribution is 5.68. The fourth-order valence-electron chi connectivity index (χ4n) is 2.10. The molecule has 1 aliphatic rings. The van der Waals surface area contributed by atoms with Crippen LogP contribution in [-0.4, -0.2) is 30.2 Å². The molecule has 0 saturated carbocycles. The number of nitrogens with one attached hydrogen (secondary N) is 1. The molecule has 0 saturated heterocycles. The minimum absolute atomic E-state index is 0.584. The first-order chi connectivity index (χ1) is 9.28. The van der Waals surface area contributed by atoms with Gasteiger partial charge in [0.1, 0.15) is 13.2 Å². The van der Waals surface area contributed by atoms with Crippen molar-refractivity contribution in [2.24, 2.45) is 0 Å². The van der Waals surface area contributed by atoms with Crippen LogP contribution >= 0.6 is 0 Å². The number of benzene rings is 1. The maximum atomic E-state index is 5.61. The highest BCUT2D eigenvalue weighted by atomic mass is 16.6. The summed E-state index contributed by atoms with van der Waals surface area (Å²) >= 11 is 0. The Morgan fingerprint density at radius 2 is 1.89 bits per heavy atom. The van der Waals surface area contributed by atoms with Gasteiger partial charge in [-0.1, -0.05) is 0 Å². The molecular formula is C14H15N3O2. The predicted molar refractivity (Wildman–Crippen MR) is 72.7 cm³/mol. The highest BCUT2D eigenvalue weighted by Gasteiger charge is 2.15. The normalized spacial score (nSPS) is 13.2. The zero-order chi connectivity index (χ0) is 13.2. The molecule has 5 nitrogen and oxygen atoms in total. The number of fused-ring (bicyclic) bond motifs is 1. The van der Waals surface area contributed by atoms with Gasteiger partial charge in [-0.25, -0.2) is 9.97 Å². The lowest BCUT2D eigenvalue weighted by molar-refractivity contribution is 0.171. The third-order valence-electron chi connectivity index (χ3n) is 3.04. The standard InChI is InChI=1S/C14H15N3O2/c1-9-7-12-13(19-6-5-18-12)8-10(9)11-3-4-16-14(15-2)17-11/h3-4,7-8H,5-6H2,1-2H3,(H,15,16,17). The molecule has 0 atom stereocenters. The Bertz CT molecular complexity index is 614. The summed E-state index contributed by atoms with van der Waals surface area (Å²) in [6.45, 7) is 3.22. The molecule has 0 aliphatic carbocycles. The van der Waals surface area contributed by atoms with Crippen LogP contribution in [-0.2, 0) is 0 Å². The number of hydrogen-bond acceptors (Lipinski definition) is 5. The van der Waals surface area contributed by atoms with Gasteiger partial charge in [0.05, 0.1) is 5.69 Å². The fraction of sp³-hybridized carbons (Fsp3) is 0.286. The Kier molecular flexibility index (Phi) is 2.95. The second kappa shape index (κ2) is 4.76. The van der Waals surface area contributed by atoms with E-state index < -0.39 is 0 Å². The molecule has 0 fully saturated rings. The Morgan fingerprint density at radius 1 is 1.16 bits per heavy atom. The third kappa shape index (κ3) is 2.19. The average Bonchev–Trinajstić information content (AvgIpc) is 2.46. The van der Waals surface area contributed by atoms with Gasteiger partial charge in [0.25, 0.3) is 0 Å². The lowest BCUT2D eigenvalue weighted by Gasteiger charge is -2.20.